The van der Waals surface area contributed by atoms with Crippen LogP contribution in [-0.4, -0.2) is 18.7 Å². The summed E-state index contributed by atoms with van der Waals surface area (Å²) in [6.45, 7) is 3.33. The van der Waals surface area contributed by atoms with Crippen LogP contribution in [0, 0.1) is 0 Å². The highest BCUT2D eigenvalue weighted by molar-refractivity contribution is 6.38. The van der Waals surface area contributed by atoms with Crippen LogP contribution in [0.4, 0.5) is 0 Å². The maximum atomic E-state index is 12.1. The van der Waals surface area contributed by atoms with Crippen molar-refractivity contribution in [2.24, 2.45) is 0 Å². The zero-order valence-corrected chi connectivity index (χ0v) is 11.8. The minimum Gasteiger partial charge on any atom is -0.496 e. The lowest BCUT2D eigenvalue weighted by molar-refractivity contribution is -0.116. The van der Waals surface area contributed by atoms with E-state index in [4.69, 9.17) is 4.74 Å². The van der Waals surface area contributed by atoms with Crippen molar-refractivity contribution in [3.8, 4) is 0 Å². The van der Waals surface area contributed by atoms with Crippen molar-refractivity contribution in [1.82, 2.24) is 0 Å². The molecule has 0 fully saturated rings. The summed E-state index contributed by atoms with van der Waals surface area (Å²) in [5, 5.41) is 0. The van der Waals surface area contributed by atoms with E-state index in [2.05, 4.69) is 0 Å². The first kappa shape index (κ1) is 14.0. The largest absolute Gasteiger partial charge is 0.496 e. The normalized spacial score (nSPS) is 15.4. The number of methoxy groups -OCH3 is 1. The summed E-state index contributed by atoms with van der Waals surface area (Å²) in [7, 11) is 1.46. The molecule has 3 nitrogen and oxygen atoms in total. The molecule has 2 rings (SSSR count). The predicted octanol–water partition coefficient (Wildman–Crippen LogP) is 3.09. The molecule has 3 heteroatoms. The van der Waals surface area contributed by atoms with Gasteiger partial charge in [-0.15, -0.1) is 0 Å². The Bertz CT molecular complexity index is 620. The fourth-order valence-corrected chi connectivity index (χ4v) is 2.03. The molecule has 0 amide bonds. The van der Waals surface area contributed by atoms with Gasteiger partial charge in [0.2, 0.25) is 0 Å². The molecule has 0 heterocycles. The second-order valence-corrected chi connectivity index (χ2v) is 4.60. The van der Waals surface area contributed by atoms with Crippen LogP contribution in [0.25, 0.3) is 6.08 Å². The average Bonchev–Trinajstić information content (AvgIpc) is 2.66. The maximum Gasteiger partial charge on any atom is 0.196 e. The van der Waals surface area contributed by atoms with Gasteiger partial charge >= 0.3 is 0 Å². The SMILES string of the molecule is COC(/C=C/c1ccccc1)=C1C(=O)C(C)=C(C)C1=O. The highest BCUT2D eigenvalue weighted by atomic mass is 16.5. The first-order valence-corrected chi connectivity index (χ1v) is 6.34. The van der Waals surface area contributed by atoms with Crippen LogP contribution >= 0.6 is 0 Å². The van der Waals surface area contributed by atoms with E-state index in [1.165, 1.54) is 7.11 Å². The summed E-state index contributed by atoms with van der Waals surface area (Å²) < 4.78 is 5.22. The van der Waals surface area contributed by atoms with Gasteiger partial charge in [0, 0.05) is 11.1 Å². The number of carbonyl (C=O) groups excluding carboxylic acids is 2. The topological polar surface area (TPSA) is 43.4 Å². The Morgan fingerprint density at radius 3 is 2.05 bits per heavy atom. The minimum absolute atomic E-state index is 0.120. The van der Waals surface area contributed by atoms with Crippen LogP contribution in [-0.2, 0) is 14.3 Å². The summed E-state index contributed by atoms with van der Waals surface area (Å²) in [6, 6.07) is 9.62. The maximum absolute atomic E-state index is 12.1. The zero-order chi connectivity index (χ0) is 14.7. The molecule has 0 saturated heterocycles. The second kappa shape index (κ2) is 5.70. The first-order valence-electron chi connectivity index (χ1n) is 6.34. The van der Waals surface area contributed by atoms with E-state index in [1.807, 2.05) is 36.4 Å². The van der Waals surface area contributed by atoms with Crippen molar-refractivity contribution in [3.63, 3.8) is 0 Å². The van der Waals surface area contributed by atoms with Gasteiger partial charge in [0.05, 0.1) is 7.11 Å². The van der Waals surface area contributed by atoms with E-state index in [9.17, 15) is 9.59 Å². The summed E-state index contributed by atoms with van der Waals surface area (Å²) in [6.07, 6.45) is 3.47. The quantitative estimate of drug-likeness (QED) is 0.480. The van der Waals surface area contributed by atoms with Gasteiger partial charge in [0.1, 0.15) is 11.3 Å². The molecule has 0 bridgehead atoms. The van der Waals surface area contributed by atoms with Crippen molar-refractivity contribution in [3.05, 3.63) is 64.4 Å². The highest BCUT2D eigenvalue weighted by Gasteiger charge is 2.33. The molecule has 0 radical (unpaired) electrons. The van der Waals surface area contributed by atoms with Gasteiger partial charge in [-0.3, -0.25) is 9.59 Å². The van der Waals surface area contributed by atoms with Crippen LogP contribution in [0.2, 0.25) is 0 Å². The molecule has 1 aliphatic rings. The predicted molar refractivity (Wildman–Crippen MR) is 77.9 cm³/mol. The van der Waals surface area contributed by atoms with Crippen molar-refractivity contribution >= 4 is 17.6 Å². The fourth-order valence-electron chi connectivity index (χ4n) is 2.03. The Labute approximate surface area is 118 Å². The van der Waals surface area contributed by atoms with Gasteiger partial charge < -0.3 is 4.74 Å². The fraction of sp³-hybridized carbons (Fsp3) is 0.176. The Kier molecular flexibility index (Phi) is 3.99. The van der Waals surface area contributed by atoms with E-state index in [-0.39, 0.29) is 17.1 Å². The standard InChI is InChI=1S/C17H16O3/c1-11-12(2)17(19)15(16(11)18)14(20-3)10-9-13-7-5-4-6-8-13/h4-10H,1-3H3/b10-9+. The van der Waals surface area contributed by atoms with E-state index < -0.39 is 0 Å². The number of ketones is 2. The lowest BCUT2D eigenvalue weighted by Gasteiger charge is -2.04. The van der Waals surface area contributed by atoms with Crippen molar-refractivity contribution < 1.29 is 14.3 Å². The molecule has 0 spiro atoms. The number of allylic oxidation sites excluding steroid dienone is 4. The van der Waals surface area contributed by atoms with Crippen molar-refractivity contribution in [2.75, 3.05) is 7.11 Å². The lowest BCUT2D eigenvalue weighted by atomic mass is 10.1. The van der Waals surface area contributed by atoms with Crippen LogP contribution in [0.1, 0.15) is 19.4 Å². The molecule has 0 saturated carbocycles. The number of Topliss-reactive ketones (excluding diaryl/α,β-unsaturated/α-hetero) is 2. The molecular weight excluding hydrogens is 252 g/mol. The van der Waals surface area contributed by atoms with E-state index >= 15 is 0 Å². The lowest BCUT2D eigenvalue weighted by Crippen LogP contribution is -2.08. The number of hydrogen-bond donors (Lipinski definition) is 0. The van der Waals surface area contributed by atoms with E-state index in [0.717, 1.165) is 5.56 Å². The van der Waals surface area contributed by atoms with Crippen LogP contribution in [0.3, 0.4) is 0 Å². The monoisotopic (exact) mass is 268 g/mol. The molecule has 1 aliphatic carbocycles. The summed E-state index contributed by atoms with van der Waals surface area (Å²) in [5.74, 6) is -0.191. The van der Waals surface area contributed by atoms with Gasteiger partial charge in [-0.2, -0.15) is 0 Å². The molecule has 0 aromatic heterocycles. The molecule has 0 N–H and O–H groups in total. The number of ether oxygens (including phenoxy) is 1. The molecule has 102 valence electrons. The molecule has 0 atom stereocenters. The molecular formula is C17H16O3. The average molecular weight is 268 g/mol. The first-order chi connectivity index (χ1) is 9.56. The van der Waals surface area contributed by atoms with Gasteiger partial charge in [-0.25, -0.2) is 0 Å². The molecule has 1 aromatic carbocycles. The third-order valence-electron chi connectivity index (χ3n) is 3.39. The van der Waals surface area contributed by atoms with Crippen LogP contribution < -0.4 is 0 Å². The summed E-state index contributed by atoms with van der Waals surface area (Å²) in [4.78, 5) is 24.2. The molecule has 1 aromatic rings. The van der Waals surface area contributed by atoms with Gasteiger partial charge in [-0.1, -0.05) is 36.4 Å². The Hall–Kier alpha value is -2.42. The Balaban J connectivity index is 2.39. The summed E-state index contributed by atoms with van der Waals surface area (Å²) >= 11 is 0. The van der Waals surface area contributed by atoms with E-state index in [0.29, 0.717) is 16.9 Å². The molecule has 20 heavy (non-hydrogen) atoms. The number of hydrogen-bond acceptors (Lipinski definition) is 3. The zero-order valence-electron chi connectivity index (χ0n) is 11.8. The van der Waals surface area contributed by atoms with Gasteiger partial charge in [0.25, 0.3) is 0 Å². The number of carbonyl (C=O) groups is 2. The van der Waals surface area contributed by atoms with Gasteiger partial charge in [-0.05, 0) is 25.5 Å². The minimum atomic E-state index is -0.248. The summed E-state index contributed by atoms with van der Waals surface area (Å²) in [5.41, 5.74) is 2.08. The Morgan fingerprint density at radius 1 is 1.00 bits per heavy atom. The van der Waals surface area contributed by atoms with Crippen molar-refractivity contribution in [2.45, 2.75) is 13.8 Å². The molecule has 0 aliphatic heterocycles. The number of rotatable bonds is 3. The molecule has 0 unspecified atom stereocenters. The number of benzene rings is 1. The third-order valence-corrected chi connectivity index (χ3v) is 3.39. The van der Waals surface area contributed by atoms with Crippen LogP contribution in [0.5, 0.6) is 0 Å². The third kappa shape index (κ3) is 2.48. The smallest absolute Gasteiger partial charge is 0.196 e. The second-order valence-electron chi connectivity index (χ2n) is 4.60. The van der Waals surface area contributed by atoms with E-state index in [1.54, 1.807) is 19.9 Å². The Morgan fingerprint density at radius 2 is 1.55 bits per heavy atom. The highest BCUT2D eigenvalue weighted by Crippen LogP contribution is 2.27. The van der Waals surface area contributed by atoms with Gasteiger partial charge in [0.15, 0.2) is 11.6 Å². The van der Waals surface area contributed by atoms with Crippen LogP contribution in [0.15, 0.2) is 58.9 Å². The van der Waals surface area contributed by atoms with Crippen molar-refractivity contribution in [1.29, 1.82) is 0 Å².